The number of hydrogen-bond acceptors (Lipinski definition) is 3. The summed E-state index contributed by atoms with van der Waals surface area (Å²) in [5.74, 6) is 0.403. The smallest absolute Gasteiger partial charge is 0.254 e. The van der Waals surface area contributed by atoms with Crippen molar-refractivity contribution >= 4 is 5.91 Å². The number of aromatic amines is 1. The van der Waals surface area contributed by atoms with Crippen LogP contribution in [0.2, 0.25) is 0 Å². The SMILES string of the molecule is O=C(c1ccccc1)N1CCC[C@@H]1c1cc(CCOc2ccc(F)cc2)[nH]n1. The number of benzene rings is 2. The molecule has 1 N–H and O–H groups in total. The number of halogens is 1. The van der Waals surface area contributed by atoms with Crippen molar-refractivity contribution in [3.8, 4) is 5.75 Å². The van der Waals surface area contributed by atoms with E-state index in [0.29, 0.717) is 24.3 Å². The predicted octanol–water partition coefficient (Wildman–Crippen LogP) is 4.15. The Labute approximate surface area is 163 Å². The van der Waals surface area contributed by atoms with E-state index in [4.69, 9.17) is 4.74 Å². The van der Waals surface area contributed by atoms with Crippen LogP contribution in [0.3, 0.4) is 0 Å². The lowest BCUT2D eigenvalue weighted by atomic mass is 10.1. The van der Waals surface area contributed by atoms with Crippen LogP contribution in [0.25, 0.3) is 0 Å². The fourth-order valence-electron chi connectivity index (χ4n) is 3.55. The van der Waals surface area contributed by atoms with E-state index in [0.717, 1.165) is 30.8 Å². The van der Waals surface area contributed by atoms with Gasteiger partial charge in [0.25, 0.3) is 5.91 Å². The van der Waals surface area contributed by atoms with Crippen LogP contribution in [0.5, 0.6) is 5.75 Å². The number of carbonyl (C=O) groups is 1. The van der Waals surface area contributed by atoms with Crippen LogP contribution in [-0.2, 0) is 6.42 Å². The third-order valence-electron chi connectivity index (χ3n) is 4.98. The molecule has 2 aromatic carbocycles. The van der Waals surface area contributed by atoms with Crippen molar-refractivity contribution in [2.24, 2.45) is 0 Å². The van der Waals surface area contributed by atoms with Gasteiger partial charge < -0.3 is 9.64 Å². The monoisotopic (exact) mass is 379 g/mol. The minimum atomic E-state index is -0.281. The first-order chi connectivity index (χ1) is 13.7. The van der Waals surface area contributed by atoms with Crippen LogP contribution in [-0.4, -0.2) is 34.2 Å². The second kappa shape index (κ2) is 8.25. The number of nitrogens with zero attached hydrogens (tertiary/aromatic N) is 2. The van der Waals surface area contributed by atoms with Crippen LogP contribution in [0, 0.1) is 5.82 Å². The quantitative estimate of drug-likeness (QED) is 0.700. The lowest BCUT2D eigenvalue weighted by molar-refractivity contribution is 0.0733. The second-order valence-electron chi connectivity index (χ2n) is 6.89. The molecule has 1 amide bonds. The average molecular weight is 379 g/mol. The Morgan fingerprint density at radius 2 is 1.96 bits per heavy atom. The molecular weight excluding hydrogens is 357 g/mol. The summed E-state index contributed by atoms with van der Waals surface area (Å²) in [5.41, 5.74) is 2.55. The molecule has 144 valence electrons. The molecule has 0 radical (unpaired) electrons. The van der Waals surface area contributed by atoms with Crippen LogP contribution in [0.15, 0.2) is 60.7 Å². The topological polar surface area (TPSA) is 58.2 Å². The fourth-order valence-corrected chi connectivity index (χ4v) is 3.55. The van der Waals surface area contributed by atoms with E-state index >= 15 is 0 Å². The maximum atomic E-state index is 12.9. The van der Waals surface area contributed by atoms with Gasteiger partial charge in [0.15, 0.2) is 0 Å². The van der Waals surface area contributed by atoms with Crippen molar-refractivity contribution < 1.29 is 13.9 Å². The van der Waals surface area contributed by atoms with Gasteiger partial charge in [0.2, 0.25) is 0 Å². The number of nitrogens with one attached hydrogen (secondary N) is 1. The summed E-state index contributed by atoms with van der Waals surface area (Å²) in [4.78, 5) is 14.7. The molecule has 0 unspecified atom stereocenters. The standard InChI is InChI=1S/C22H22FN3O2/c23-17-8-10-19(11-9-17)28-14-12-18-15-20(25-24-18)21-7-4-13-26(21)22(27)16-5-2-1-3-6-16/h1-3,5-6,8-11,15,21H,4,7,12-14H2,(H,24,25)/t21-/m1/s1. The first-order valence-corrected chi connectivity index (χ1v) is 9.49. The fraction of sp³-hybridized carbons (Fsp3) is 0.273. The highest BCUT2D eigenvalue weighted by Gasteiger charge is 2.32. The number of aromatic nitrogens is 2. The summed E-state index contributed by atoms with van der Waals surface area (Å²) >= 11 is 0. The summed E-state index contributed by atoms with van der Waals surface area (Å²) in [6.45, 7) is 1.21. The lowest BCUT2D eigenvalue weighted by Gasteiger charge is -2.23. The highest BCUT2D eigenvalue weighted by molar-refractivity contribution is 5.94. The molecule has 1 saturated heterocycles. The third kappa shape index (κ3) is 4.06. The third-order valence-corrected chi connectivity index (χ3v) is 4.98. The summed E-state index contributed by atoms with van der Waals surface area (Å²) in [5, 5.41) is 7.49. The Kier molecular flexibility index (Phi) is 5.37. The van der Waals surface area contributed by atoms with Crippen molar-refractivity contribution in [2.45, 2.75) is 25.3 Å². The van der Waals surface area contributed by atoms with Crippen molar-refractivity contribution in [1.82, 2.24) is 15.1 Å². The molecule has 6 heteroatoms. The molecule has 2 heterocycles. The van der Waals surface area contributed by atoms with Crippen LogP contribution in [0.1, 0.15) is 40.6 Å². The Morgan fingerprint density at radius 1 is 1.18 bits per heavy atom. The Hall–Kier alpha value is -3.15. The van der Waals surface area contributed by atoms with Gasteiger partial charge >= 0.3 is 0 Å². The zero-order chi connectivity index (χ0) is 19.3. The highest BCUT2D eigenvalue weighted by Crippen LogP contribution is 2.32. The normalized spacial score (nSPS) is 16.3. The Morgan fingerprint density at radius 3 is 2.75 bits per heavy atom. The average Bonchev–Trinajstić information content (AvgIpc) is 3.39. The molecule has 5 nitrogen and oxygen atoms in total. The van der Waals surface area contributed by atoms with Gasteiger partial charge in [-0.05, 0) is 55.3 Å². The van der Waals surface area contributed by atoms with Crippen LogP contribution < -0.4 is 4.74 Å². The number of carbonyl (C=O) groups excluding carboxylic acids is 1. The van der Waals surface area contributed by atoms with Crippen molar-refractivity contribution in [3.63, 3.8) is 0 Å². The lowest BCUT2D eigenvalue weighted by Crippen LogP contribution is -2.30. The van der Waals surface area contributed by atoms with E-state index in [9.17, 15) is 9.18 Å². The van der Waals surface area contributed by atoms with Gasteiger partial charge in [-0.1, -0.05) is 18.2 Å². The largest absolute Gasteiger partial charge is 0.493 e. The van der Waals surface area contributed by atoms with Crippen molar-refractivity contribution in [3.05, 3.63) is 83.4 Å². The van der Waals surface area contributed by atoms with Gasteiger partial charge in [0.05, 0.1) is 18.3 Å². The van der Waals surface area contributed by atoms with E-state index in [1.165, 1.54) is 12.1 Å². The van der Waals surface area contributed by atoms with Crippen LogP contribution >= 0.6 is 0 Å². The number of likely N-dealkylation sites (tertiary alicyclic amines) is 1. The van der Waals surface area contributed by atoms with Gasteiger partial charge in [-0.3, -0.25) is 9.89 Å². The summed E-state index contributed by atoms with van der Waals surface area (Å²) < 4.78 is 18.6. The molecule has 0 saturated carbocycles. The van der Waals surface area contributed by atoms with Gasteiger partial charge in [-0.15, -0.1) is 0 Å². The van der Waals surface area contributed by atoms with E-state index in [1.807, 2.05) is 41.3 Å². The zero-order valence-electron chi connectivity index (χ0n) is 15.5. The molecule has 3 aromatic rings. The molecule has 1 aliphatic rings. The van der Waals surface area contributed by atoms with Gasteiger partial charge in [-0.25, -0.2) is 4.39 Å². The maximum Gasteiger partial charge on any atom is 0.254 e. The number of H-pyrrole nitrogens is 1. The van der Waals surface area contributed by atoms with Crippen molar-refractivity contribution in [1.29, 1.82) is 0 Å². The van der Waals surface area contributed by atoms with E-state index in [-0.39, 0.29) is 17.8 Å². The maximum absolute atomic E-state index is 12.9. The number of ether oxygens (including phenoxy) is 1. The molecule has 1 fully saturated rings. The molecule has 0 spiro atoms. The second-order valence-corrected chi connectivity index (χ2v) is 6.89. The summed E-state index contributed by atoms with van der Waals surface area (Å²) in [6.07, 6.45) is 2.54. The number of rotatable bonds is 6. The number of amides is 1. The zero-order valence-corrected chi connectivity index (χ0v) is 15.5. The van der Waals surface area contributed by atoms with E-state index in [1.54, 1.807) is 12.1 Å². The summed E-state index contributed by atoms with van der Waals surface area (Å²) in [7, 11) is 0. The molecule has 28 heavy (non-hydrogen) atoms. The predicted molar refractivity (Wildman–Crippen MR) is 104 cm³/mol. The number of hydrogen-bond donors (Lipinski definition) is 1. The molecule has 1 aromatic heterocycles. The highest BCUT2D eigenvalue weighted by atomic mass is 19.1. The first-order valence-electron chi connectivity index (χ1n) is 9.49. The van der Waals surface area contributed by atoms with Crippen LogP contribution in [0.4, 0.5) is 4.39 Å². The minimum Gasteiger partial charge on any atom is -0.493 e. The van der Waals surface area contributed by atoms with Gasteiger partial charge in [-0.2, -0.15) is 5.10 Å². The minimum absolute atomic E-state index is 0.00396. The molecule has 1 aliphatic heterocycles. The molecule has 0 bridgehead atoms. The molecular formula is C22H22FN3O2. The molecule has 4 rings (SSSR count). The molecule has 1 atom stereocenters. The Balaban J connectivity index is 1.37. The van der Waals surface area contributed by atoms with Gasteiger partial charge in [0, 0.05) is 24.2 Å². The summed E-state index contributed by atoms with van der Waals surface area (Å²) in [6, 6.07) is 17.3. The Bertz CT molecular complexity index is 924. The van der Waals surface area contributed by atoms with E-state index in [2.05, 4.69) is 10.2 Å². The van der Waals surface area contributed by atoms with Gasteiger partial charge in [0.1, 0.15) is 11.6 Å². The molecule has 0 aliphatic carbocycles. The first kappa shape index (κ1) is 18.2. The van der Waals surface area contributed by atoms with E-state index < -0.39 is 0 Å². The van der Waals surface area contributed by atoms with Crippen molar-refractivity contribution in [2.75, 3.05) is 13.2 Å².